The number of hydrogen-bond donors (Lipinski definition) is 0. The first-order valence-electron chi connectivity index (χ1n) is 15.7. The second kappa shape index (κ2) is 13.3. The molecule has 1 spiro atoms. The summed E-state index contributed by atoms with van der Waals surface area (Å²) in [7, 11) is 0. The highest BCUT2D eigenvalue weighted by Gasteiger charge is 2.37. The van der Waals surface area contributed by atoms with Crippen LogP contribution in [0.25, 0.3) is 11.1 Å². The van der Waals surface area contributed by atoms with Crippen LogP contribution in [0.4, 0.5) is 10.1 Å². The number of anilines is 1. The van der Waals surface area contributed by atoms with Gasteiger partial charge in [0.1, 0.15) is 11.6 Å². The first kappa shape index (κ1) is 30.1. The van der Waals surface area contributed by atoms with E-state index in [9.17, 15) is 9.18 Å². The van der Waals surface area contributed by atoms with Crippen LogP contribution < -0.4 is 9.64 Å². The smallest absolute Gasteiger partial charge is 0.310 e. The van der Waals surface area contributed by atoms with E-state index in [4.69, 9.17) is 14.5 Å². The molecule has 6 heteroatoms. The van der Waals surface area contributed by atoms with Crippen molar-refractivity contribution in [3.05, 3.63) is 76.9 Å². The van der Waals surface area contributed by atoms with Gasteiger partial charge in [0, 0.05) is 42.0 Å². The summed E-state index contributed by atoms with van der Waals surface area (Å²) in [5.41, 5.74) is 7.64. The SMILES string of the molecule is Cc1nc(C)c(-c2ccc(OCCc3ccc(F)cc3)cc2)c(N2CCC3(CCCCC3)CC2)c1CC(=O)OC(C)C. The van der Waals surface area contributed by atoms with Gasteiger partial charge in [-0.05, 0) is 94.2 Å². The zero-order chi connectivity index (χ0) is 29.7. The standard InChI is InChI=1S/C36H45FN2O3/c1-25(2)42-33(40)24-32-26(3)38-27(4)34(35(32)39-21-19-36(20-22-39)17-6-5-7-18-36)29-10-14-31(15-11-29)41-23-16-28-8-12-30(37)13-9-28/h8-15,25H,5-7,16-24H2,1-4H3. The maximum atomic E-state index is 13.2. The van der Waals surface area contributed by atoms with E-state index in [0.717, 1.165) is 58.2 Å². The molecule has 1 aromatic heterocycles. The Morgan fingerprint density at radius 3 is 2.24 bits per heavy atom. The molecular formula is C36H45FN2O3. The van der Waals surface area contributed by atoms with Gasteiger partial charge in [-0.1, -0.05) is 43.5 Å². The van der Waals surface area contributed by atoms with Crippen LogP contribution in [0.5, 0.6) is 5.75 Å². The summed E-state index contributed by atoms with van der Waals surface area (Å²) < 4.78 is 24.8. The maximum Gasteiger partial charge on any atom is 0.310 e. The topological polar surface area (TPSA) is 51.7 Å². The molecule has 2 heterocycles. The lowest BCUT2D eigenvalue weighted by Crippen LogP contribution is -2.42. The molecule has 1 saturated heterocycles. The molecule has 0 unspecified atom stereocenters. The van der Waals surface area contributed by atoms with Crippen molar-refractivity contribution in [3.63, 3.8) is 0 Å². The van der Waals surface area contributed by atoms with Gasteiger partial charge in [0.15, 0.2) is 0 Å². The van der Waals surface area contributed by atoms with Crippen LogP contribution >= 0.6 is 0 Å². The monoisotopic (exact) mass is 572 g/mol. The summed E-state index contributed by atoms with van der Waals surface area (Å²) in [5.74, 6) is 0.350. The molecular weight excluding hydrogens is 527 g/mol. The first-order chi connectivity index (χ1) is 20.2. The number of nitrogens with zero attached hydrogens (tertiary/aromatic N) is 2. The minimum Gasteiger partial charge on any atom is -0.493 e. The Balaban J connectivity index is 1.41. The lowest BCUT2D eigenvalue weighted by atomic mass is 9.68. The van der Waals surface area contributed by atoms with E-state index in [1.165, 1.54) is 57.1 Å². The van der Waals surface area contributed by atoms with Gasteiger partial charge in [-0.2, -0.15) is 0 Å². The first-order valence-corrected chi connectivity index (χ1v) is 15.7. The quantitative estimate of drug-likeness (QED) is 0.242. The van der Waals surface area contributed by atoms with Gasteiger partial charge in [-0.25, -0.2) is 4.39 Å². The molecule has 0 amide bonds. The fraction of sp³-hybridized carbons (Fsp3) is 0.500. The van der Waals surface area contributed by atoms with Crippen molar-refractivity contribution < 1.29 is 18.7 Å². The number of benzene rings is 2. The van der Waals surface area contributed by atoms with E-state index in [0.29, 0.717) is 18.4 Å². The van der Waals surface area contributed by atoms with E-state index >= 15 is 0 Å². The summed E-state index contributed by atoms with van der Waals surface area (Å²) in [6.07, 6.45) is 9.92. The zero-order valence-corrected chi connectivity index (χ0v) is 25.7. The molecule has 5 nitrogen and oxygen atoms in total. The molecule has 1 saturated carbocycles. The molecule has 42 heavy (non-hydrogen) atoms. The highest BCUT2D eigenvalue weighted by Crippen LogP contribution is 2.47. The Hall–Kier alpha value is -3.41. The van der Waals surface area contributed by atoms with Crippen LogP contribution in [0.3, 0.4) is 0 Å². The second-order valence-electron chi connectivity index (χ2n) is 12.5. The van der Waals surface area contributed by atoms with Crippen LogP contribution in [0.2, 0.25) is 0 Å². The van der Waals surface area contributed by atoms with E-state index in [-0.39, 0.29) is 24.3 Å². The van der Waals surface area contributed by atoms with Crippen LogP contribution in [0.15, 0.2) is 48.5 Å². The van der Waals surface area contributed by atoms with Gasteiger partial charge in [0.05, 0.1) is 24.8 Å². The number of aryl methyl sites for hydroxylation is 2. The number of piperidine rings is 1. The number of esters is 1. The Labute approximate surface area is 250 Å². The maximum absolute atomic E-state index is 13.2. The largest absolute Gasteiger partial charge is 0.493 e. The average molecular weight is 573 g/mol. The number of ether oxygens (including phenoxy) is 2. The molecule has 3 aromatic rings. The van der Waals surface area contributed by atoms with Crippen molar-refractivity contribution in [2.24, 2.45) is 5.41 Å². The summed E-state index contributed by atoms with van der Waals surface area (Å²) in [6, 6.07) is 14.7. The van der Waals surface area contributed by atoms with Crippen molar-refractivity contribution in [2.75, 3.05) is 24.6 Å². The molecule has 1 aliphatic heterocycles. The lowest BCUT2D eigenvalue weighted by Gasteiger charge is -2.46. The van der Waals surface area contributed by atoms with Crippen molar-refractivity contribution in [1.82, 2.24) is 4.98 Å². The van der Waals surface area contributed by atoms with Crippen molar-refractivity contribution in [3.8, 4) is 16.9 Å². The minimum absolute atomic E-state index is 0.157. The zero-order valence-electron chi connectivity index (χ0n) is 25.7. The fourth-order valence-electron chi connectivity index (χ4n) is 6.89. The third-order valence-electron chi connectivity index (χ3n) is 9.12. The normalized spacial score (nSPS) is 16.6. The Morgan fingerprint density at radius 2 is 1.60 bits per heavy atom. The van der Waals surface area contributed by atoms with E-state index in [1.54, 1.807) is 12.1 Å². The average Bonchev–Trinajstić information content (AvgIpc) is 2.96. The van der Waals surface area contributed by atoms with Gasteiger partial charge in [0.2, 0.25) is 0 Å². The Kier molecular flexibility index (Phi) is 9.50. The van der Waals surface area contributed by atoms with Crippen LogP contribution in [0.1, 0.15) is 81.3 Å². The fourth-order valence-corrected chi connectivity index (χ4v) is 6.89. The van der Waals surface area contributed by atoms with E-state index in [2.05, 4.69) is 24.0 Å². The van der Waals surface area contributed by atoms with Crippen molar-refractivity contribution >= 4 is 11.7 Å². The molecule has 0 bridgehead atoms. The van der Waals surface area contributed by atoms with Gasteiger partial charge >= 0.3 is 5.97 Å². The summed E-state index contributed by atoms with van der Waals surface area (Å²) in [5, 5.41) is 0. The molecule has 0 radical (unpaired) electrons. The van der Waals surface area contributed by atoms with Crippen LogP contribution in [-0.4, -0.2) is 36.8 Å². The molecule has 0 atom stereocenters. The second-order valence-corrected chi connectivity index (χ2v) is 12.5. The number of hydrogen-bond acceptors (Lipinski definition) is 5. The molecule has 2 fully saturated rings. The Morgan fingerprint density at radius 1 is 0.929 bits per heavy atom. The van der Waals surface area contributed by atoms with Crippen molar-refractivity contribution in [1.29, 1.82) is 0 Å². The third-order valence-corrected chi connectivity index (χ3v) is 9.12. The predicted octanol–water partition coefficient (Wildman–Crippen LogP) is 8.17. The molecule has 224 valence electrons. The number of rotatable bonds is 9. The van der Waals surface area contributed by atoms with Crippen LogP contribution in [0, 0.1) is 25.1 Å². The van der Waals surface area contributed by atoms with E-state index < -0.39 is 0 Å². The van der Waals surface area contributed by atoms with E-state index in [1.807, 2.05) is 32.9 Å². The lowest BCUT2D eigenvalue weighted by molar-refractivity contribution is -0.146. The Bertz CT molecular complexity index is 1350. The predicted molar refractivity (Wildman–Crippen MR) is 167 cm³/mol. The van der Waals surface area contributed by atoms with Gasteiger partial charge in [0.25, 0.3) is 0 Å². The summed E-state index contributed by atoms with van der Waals surface area (Å²) in [4.78, 5) is 20.4. The summed E-state index contributed by atoms with van der Waals surface area (Å²) >= 11 is 0. The molecule has 2 aliphatic rings. The highest BCUT2D eigenvalue weighted by atomic mass is 19.1. The number of halogens is 1. The molecule has 1 aliphatic carbocycles. The van der Waals surface area contributed by atoms with Gasteiger partial charge in [-0.15, -0.1) is 0 Å². The minimum atomic E-state index is -0.228. The van der Waals surface area contributed by atoms with Crippen molar-refractivity contribution in [2.45, 2.75) is 91.6 Å². The van der Waals surface area contributed by atoms with Crippen LogP contribution in [-0.2, 0) is 22.4 Å². The molecule has 2 aromatic carbocycles. The molecule has 0 N–H and O–H groups in total. The number of pyridine rings is 1. The highest BCUT2D eigenvalue weighted by molar-refractivity contribution is 5.87. The third kappa shape index (κ3) is 7.14. The van der Waals surface area contributed by atoms with Gasteiger partial charge in [-0.3, -0.25) is 9.78 Å². The number of carbonyl (C=O) groups is 1. The number of carbonyl (C=O) groups excluding carboxylic acids is 1. The van der Waals surface area contributed by atoms with Gasteiger partial charge < -0.3 is 14.4 Å². The molecule has 5 rings (SSSR count). The number of aromatic nitrogens is 1. The summed E-state index contributed by atoms with van der Waals surface area (Å²) in [6.45, 7) is 10.4.